The first kappa shape index (κ1) is 15.6. The first-order chi connectivity index (χ1) is 11.2. The minimum absolute atomic E-state index is 0.0806. The predicted octanol–water partition coefficient (Wildman–Crippen LogP) is 5.49. The van der Waals surface area contributed by atoms with E-state index in [1.165, 1.54) is 9.79 Å². The lowest BCUT2D eigenvalue weighted by Crippen LogP contribution is -2.05. The van der Waals surface area contributed by atoms with Crippen LogP contribution >= 0.6 is 11.8 Å². The third kappa shape index (κ3) is 3.38. The molecule has 0 bridgehead atoms. The molecule has 0 aliphatic carbocycles. The Kier molecular flexibility index (Phi) is 4.63. The molecule has 1 nitrogen and oxygen atoms in total. The van der Waals surface area contributed by atoms with E-state index in [0.717, 1.165) is 22.3 Å². The summed E-state index contributed by atoms with van der Waals surface area (Å²) >= 11 is 1.71. The minimum atomic E-state index is 0.0806. The molecule has 0 atom stereocenters. The SMILES string of the molecule is Cc1c(Sc2cc[c]cc2)ccc(C(=O)c2ccccc2)c1C. The van der Waals surface area contributed by atoms with Gasteiger partial charge in [0.15, 0.2) is 5.78 Å². The van der Waals surface area contributed by atoms with Crippen molar-refractivity contribution < 1.29 is 4.79 Å². The number of carbonyl (C=O) groups excluding carboxylic acids is 1. The molecule has 0 saturated heterocycles. The molecule has 1 radical (unpaired) electrons. The van der Waals surface area contributed by atoms with Crippen LogP contribution in [0.1, 0.15) is 27.0 Å². The average Bonchev–Trinajstić information content (AvgIpc) is 2.60. The fourth-order valence-corrected chi connectivity index (χ4v) is 3.43. The molecule has 0 aliphatic heterocycles. The van der Waals surface area contributed by atoms with Crippen molar-refractivity contribution in [2.75, 3.05) is 0 Å². The molecular weight excluding hydrogens is 300 g/mol. The molecule has 0 amide bonds. The van der Waals surface area contributed by atoms with Gasteiger partial charge in [0.2, 0.25) is 0 Å². The zero-order chi connectivity index (χ0) is 16.2. The van der Waals surface area contributed by atoms with Gasteiger partial charge in [0.05, 0.1) is 0 Å². The molecule has 0 aromatic heterocycles. The van der Waals surface area contributed by atoms with Gasteiger partial charge >= 0.3 is 0 Å². The lowest BCUT2D eigenvalue weighted by atomic mass is 9.96. The normalized spacial score (nSPS) is 10.5. The number of benzene rings is 3. The van der Waals surface area contributed by atoms with Crippen molar-refractivity contribution in [2.45, 2.75) is 23.6 Å². The van der Waals surface area contributed by atoms with Gasteiger partial charge in [-0.05, 0) is 55.3 Å². The van der Waals surface area contributed by atoms with Gasteiger partial charge in [-0.15, -0.1) is 0 Å². The second kappa shape index (κ2) is 6.84. The summed E-state index contributed by atoms with van der Waals surface area (Å²) < 4.78 is 0. The Balaban J connectivity index is 1.93. The van der Waals surface area contributed by atoms with Crippen molar-refractivity contribution in [3.05, 3.63) is 95.1 Å². The Bertz CT molecular complexity index is 823. The van der Waals surface area contributed by atoms with Crippen molar-refractivity contribution >= 4 is 17.5 Å². The smallest absolute Gasteiger partial charge is 0.193 e. The largest absolute Gasteiger partial charge is 0.289 e. The number of carbonyl (C=O) groups is 1. The van der Waals surface area contributed by atoms with Crippen LogP contribution in [0, 0.1) is 19.9 Å². The van der Waals surface area contributed by atoms with Gasteiger partial charge in [0, 0.05) is 20.9 Å². The van der Waals surface area contributed by atoms with Crippen LogP contribution in [0.5, 0.6) is 0 Å². The molecule has 2 heteroatoms. The van der Waals surface area contributed by atoms with Crippen LogP contribution in [0.4, 0.5) is 0 Å². The Morgan fingerprint density at radius 1 is 0.870 bits per heavy atom. The van der Waals surface area contributed by atoms with Crippen molar-refractivity contribution in [3.8, 4) is 0 Å². The average molecular weight is 317 g/mol. The molecule has 0 N–H and O–H groups in total. The molecule has 0 saturated carbocycles. The third-order valence-corrected chi connectivity index (χ3v) is 5.10. The molecule has 0 aliphatic rings. The summed E-state index contributed by atoms with van der Waals surface area (Å²) in [5, 5.41) is 0. The predicted molar refractivity (Wildman–Crippen MR) is 95.2 cm³/mol. The Labute approximate surface area is 141 Å². The van der Waals surface area contributed by atoms with E-state index in [0.29, 0.717) is 0 Å². The zero-order valence-electron chi connectivity index (χ0n) is 13.2. The first-order valence-electron chi connectivity index (χ1n) is 7.51. The maximum absolute atomic E-state index is 12.7. The van der Waals surface area contributed by atoms with Crippen LogP contribution in [-0.2, 0) is 0 Å². The summed E-state index contributed by atoms with van der Waals surface area (Å²) in [4.78, 5) is 15.0. The number of hydrogen-bond donors (Lipinski definition) is 0. The van der Waals surface area contributed by atoms with Crippen molar-refractivity contribution in [1.82, 2.24) is 0 Å². The first-order valence-corrected chi connectivity index (χ1v) is 8.32. The summed E-state index contributed by atoms with van der Waals surface area (Å²) in [6.07, 6.45) is 0. The fraction of sp³-hybridized carbons (Fsp3) is 0.0952. The Morgan fingerprint density at radius 2 is 1.57 bits per heavy atom. The Hall–Kier alpha value is -2.32. The second-order valence-electron chi connectivity index (χ2n) is 5.39. The number of ketones is 1. The highest BCUT2D eigenvalue weighted by atomic mass is 32.2. The molecule has 3 rings (SSSR count). The van der Waals surface area contributed by atoms with Gasteiger partial charge in [-0.1, -0.05) is 54.2 Å². The maximum atomic E-state index is 12.7. The summed E-state index contributed by atoms with van der Waals surface area (Å²) in [5.41, 5.74) is 3.71. The van der Waals surface area contributed by atoms with E-state index in [9.17, 15) is 4.79 Å². The summed E-state index contributed by atoms with van der Waals surface area (Å²) in [5.74, 6) is 0.0806. The molecule has 0 fully saturated rings. The summed E-state index contributed by atoms with van der Waals surface area (Å²) in [6, 6.07) is 24.4. The maximum Gasteiger partial charge on any atom is 0.193 e. The molecular formula is C21H17OS. The van der Waals surface area contributed by atoms with Crippen LogP contribution in [0.15, 0.2) is 76.5 Å². The van der Waals surface area contributed by atoms with E-state index >= 15 is 0 Å². The molecule has 0 heterocycles. The van der Waals surface area contributed by atoms with Gasteiger partial charge in [0.25, 0.3) is 0 Å². The van der Waals surface area contributed by atoms with E-state index in [1.807, 2.05) is 73.7 Å². The van der Waals surface area contributed by atoms with Gasteiger partial charge in [-0.25, -0.2) is 0 Å². The topological polar surface area (TPSA) is 17.1 Å². The zero-order valence-corrected chi connectivity index (χ0v) is 14.0. The molecule has 0 spiro atoms. The second-order valence-corrected chi connectivity index (χ2v) is 6.51. The summed E-state index contributed by atoms with van der Waals surface area (Å²) in [6.45, 7) is 4.10. The van der Waals surface area contributed by atoms with Crippen LogP contribution in [0.25, 0.3) is 0 Å². The van der Waals surface area contributed by atoms with Gasteiger partial charge in [0.1, 0.15) is 0 Å². The Morgan fingerprint density at radius 3 is 2.26 bits per heavy atom. The minimum Gasteiger partial charge on any atom is -0.289 e. The van der Waals surface area contributed by atoms with Crippen LogP contribution < -0.4 is 0 Å². The lowest BCUT2D eigenvalue weighted by molar-refractivity contribution is 0.103. The van der Waals surface area contributed by atoms with Gasteiger partial charge in [-0.3, -0.25) is 4.79 Å². The van der Waals surface area contributed by atoms with Crippen molar-refractivity contribution in [2.24, 2.45) is 0 Å². The van der Waals surface area contributed by atoms with Crippen LogP contribution in [-0.4, -0.2) is 5.78 Å². The van der Waals surface area contributed by atoms with E-state index in [4.69, 9.17) is 0 Å². The summed E-state index contributed by atoms with van der Waals surface area (Å²) in [7, 11) is 0. The third-order valence-electron chi connectivity index (χ3n) is 3.93. The molecule has 3 aromatic carbocycles. The van der Waals surface area contributed by atoms with Crippen LogP contribution in [0.2, 0.25) is 0 Å². The quantitative estimate of drug-likeness (QED) is 0.592. The molecule has 0 unspecified atom stereocenters. The van der Waals surface area contributed by atoms with E-state index in [1.54, 1.807) is 11.8 Å². The van der Waals surface area contributed by atoms with E-state index < -0.39 is 0 Å². The number of hydrogen-bond acceptors (Lipinski definition) is 2. The molecule has 113 valence electrons. The van der Waals surface area contributed by atoms with E-state index in [-0.39, 0.29) is 5.78 Å². The van der Waals surface area contributed by atoms with Gasteiger partial charge in [-0.2, -0.15) is 0 Å². The highest BCUT2D eigenvalue weighted by molar-refractivity contribution is 7.99. The van der Waals surface area contributed by atoms with Gasteiger partial charge < -0.3 is 0 Å². The standard InChI is InChI=1S/C21H17OS/c1-15-16(2)20(23-18-11-7-4-8-12-18)14-13-19(15)21(22)17-9-5-3-6-10-17/h3,5-14H,1-2H3. The monoisotopic (exact) mass is 317 g/mol. The fourth-order valence-electron chi connectivity index (χ4n) is 2.46. The molecule has 3 aromatic rings. The highest BCUT2D eigenvalue weighted by Gasteiger charge is 2.15. The number of rotatable bonds is 4. The lowest BCUT2D eigenvalue weighted by Gasteiger charge is -2.12. The molecule has 23 heavy (non-hydrogen) atoms. The van der Waals surface area contributed by atoms with E-state index in [2.05, 4.69) is 13.0 Å². The van der Waals surface area contributed by atoms with Crippen molar-refractivity contribution in [3.63, 3.8) is 0 Å². The van der Waals surface area contributed by atoms with Crippen LogP contribution in [0.3, 0.4) is 0 Å². The highest BCUT2D eigenvalue weighted by Crippen LogP contribution is 2.33. The van der Waals surface area contributed by atoms with Crippen molar-refractivity contribution in [1.29, 1.82) is 0 Å².